The zero-order valence-electron chi connectivity index (χ0n) is 11.2. The van der Waals surface area contributed by atoms with Gasteiger partial charge in [0.15, 0.2) is 0 Å². The van der Waals surface area contributed by atoms with Gasteiger partial charge >= 0.3 is 0 Å². The van der Waals surface area contributed by atoms with Crippen molar-refractivity contribution in [1.82, 2.24) is 4.90 Å². The van der Waals surface area contributed by atoms with Crippen LogP contribution in [0.2, 0.25) is 0 Å². The fraction of sp³-hybridized carbons (Fsp3) is 0.600. The summed E-state index contributed by atoms with van der Waals surface area (Å²) in [6, 6.07) is 4.39. The number of halogens is 1. The van der Waals surface area contributed by atoms with Crippen LogP contribution in [0.4, 0.5) is 0 Å². The van der Waals surface area contributed by atoms with E-state index in [0.29, 0.717) is 5.92 Å². The van der Waals surface area contributed by atoms with Gasteiger partial charge in [-0.15, -0.1) is 0 Å². The van der Waals surface area contributed by atoms with Gasteiger partial charge in [0.2, 0.25) is 0 Å². The Kier molecular flexibility index (Phi) is 4.10. The summed E-state index contributed by atoms with van der Waals surface area (Å²) in [5.74, 6) is 1.79. The van der Waals surface area contributed by atoms with Crippen LogP contribution in [0.25, 0.3) is 0 Å². The van der Waals surface area contributed by atoms with Gasteiger partial charge in [-0.1, -0.05) is 15.9 Å². The first-order valence-electron chi connectivity index (χ1n) is 7.13. The molecule has 0 aliphatic carbocycles. The summed E-state index contributed by atoms with van der Waals surface area (Å²) in [4.78, 5) is 2.52. The Hall–Kier alpha value is -0.580. The SMILES string of the molecule is NCC1CCCN(Cc2cc(Br)cc3c2OCC3)C1. The number of hydrogen-bond acceptors (Lipinski definition) is 3. The second kappa shape index (κ2) is 5.81. The summed E-state index contributed by atoms with van der Waals surface area (Å²) in [6.45, 7) is 4.92. The van der Waals surface area contributed by atoms with Gasteiger partial charge in [0.1, 0.15) is 5.75 Å². The van der Waals surface area contributed by atoms with Crippen LogP contribution in [0.3, 0.4) is 0 Å². The van der Waals surface area contributed by atoms with Crippen molar-refractivity contribution in [2.24, 2.45) is 11.7 Å². The quantitative estimate of drug-likeness (QED) is 0.928. The normalized spacial score (nSPS) is 23.2. The lowest BCUT2D eigenvalue weighted by Crippen LogP contribution is -2.37. The second-order valence-corrected chi connectivity index (χ2v) is 6.55. The van der Waals surface area contributed by atoms with E-state index in [2.05, 4.69) is 33.0 Å². The number of nitrogens with two attached hydrogens (primary N) is 1. The van der Waals surface area contributed by atoms with E-state index in [1.54, 1.807) is 0 Å². The molecule has 0 amide bonds. The van der Waals surface area contributed by atoms with Crippen LogP contribution in [0.1, 0.15) is 24.0 Å². The molecule has 0 radical (unpaired) electrons. The van der Waals surface area contributed by atoms with E-state index in [0.717, 1.165) is 38.4 Å². The summed E-state index contributed by atoms with van der Waals surface area (Å²) in [5, 5.41) is 0. The van der Waals surface area contributed by atoms with Crippen LogP contribution in [-0.2, 0) is 13.0 Å². The van der Waals surface area contributed by atoms with Crippen molar-refractivity contribution in [3.63, 3.8) is 0 Å². The van der Waals surface area contributed by atoms with Gasteiger partial charge in [0.25, 0.3) is 0 Å². The summed E-state index contributed by atoms with van der Waals surface area (Å²) < 4.78 is 6.97. The molecule has 1 fully saturated rings. The maximum Gasteiger partial charge on any atom is 0.127 e. The van der Waals surface area contributed by atoms with Crippen molar-refractivity contribution in [3.05, 3.63) is 27.7 Å². The Bertz CT molecular complexity index is 464. The van der Waals surface area contributed by atoms with Crippen LogP contribution in [0, 0.1) is 5.92 Å². The molecule has 1 aromatic rings. The van der Waals surface area contributed by atoms with Crippen molar-refractivity contribution in [2.75, 3.05) is 26.2 Å². The number of fused-ring (bicyclic) bond motifs is 1. The third-order valence-electron chi connectivity index (χ3n) is 4.16. The summed E-state index contributed by atoms with van der Waals surface area (Å²) in [7, 11) is 0. The third kappa shape index (κ3) is 2.96. The predicted molar refractivity (Wildman–Crippen MR) is 80.4 cm³/mol. The Morgan fingerprint density at radius 3 is 3.16 bits per heavy atom. The minimum Gasteiger partial charge on any atom is -0.493 e. The van der Waals surface area contributed by atoms with Crippen molar-refractivity contribution in [1.29, 1.82) is 0 Å². The molecule has 19 heavy (non-hydrogen) atoms. The van der Waals surface area contributed by atoms with Crippen molar-refractivity contribution >= 4 is 15.9 Å². The van der Waals surface area contributed by atoms with E-state index in [4.69, 9.17) is 10.5 Å². The number of hydrogen-bond donors (Lipinski definition) is 1. The standard InChI is InChI=1S/C15H21BrN2O/c16-14-6-12-3-5-19-15(12)13(7-14)10-18-4-1-2-11(8-17)9-18/h6-7,11H,1-5,8-10,17H2. The van der Waals surface area contributed by atoms with E-state index in [1.807, 2.05) is 0 Å². The van der Waals surface area contributed by atoms with Crippen LogP contribution >= 0.6 is 15.9 Å². The van der Waals surface area contributed by atoms with Crippen LogP contribution in [-0.4, -0.2) is 31.1 Å². The molecule has 2 N–H and O–H groups in total. The average molecular weight is 325 g/mol. The molecule has 104 valence electrons. The maximum atomic E-state index is 5.81. The lowest BCUT2D eigenvalue weighted by atomic mass is 9.97. The molecule has 2 heterocycles. The number of benzene rings is 1. The third-order valence-corrected chi connectivity index (χ3v) is 4.61. The Labute approximate surface area is 123 Å². The molecular formula is C15H21BrN2O. The molecule has 0 spiro atoms. The van der Waals surface area contributed by atoms with Gasteiger partial charge in [0, 0.05) is 29.5 Å². The molecule has 4 heteroatoms. The molecule has 3 rings (SSSR count). The molecule has 2 aliphatic rings. The smallest absolute Gasteiger partial charge is 0.127 e. The van der Waals surface area contributed by atoms with Crippen LogP contribution in [0.15, 0.2) is 16.6 Å². The molecule has 0 aromatic heterocycles. The van der Waals surface area contributed by atoms with E-state index in [-0.39, 0.29) is 0 Å². The molecule has 1 unspecified atom stereocenters. The highest BCUT2D eigenvalue weighted by Gasteiger charge is 2.22. The Morgan fingerprint density at radius 1 is 1.42 bits per heavy atom. The monoisotopic (exact) mass is 324 g/mol. The van der Waals surface area contributed by atoms with Gasteiger partial charge in [-0.2, -0.15) is 0 Å². The first-order chi connectivity index (χ1) is 9.26. The second-order valence-electron chi connectivity index (χ2n) is 5.63. The summed E-state index contributed by atoms with van der Waals surface area (Å²) in [5.41, 5.74) is 8.48. The van der Waals surface area contributed by atoms with E-state index >= 15 is 0 Å². The van der Waals surface area contributed by atoms with Crippen molar-refractivity contribution < 1.29 is 4.74 Å². The van der Waals surface area contributed by atoms with Crippen LogP contribution in [0.5, 0.6) is 5.75 Å². The minimum atomic E-state index is 0.662. The van der Waals surface area contributed by atoms with Gasteiger partial charge in [-0.05, 0) is 49.5 Å². The Balaban J connectivity index is 1.76. The fourth-order valence-electron chi connectivity index (χ4n) is 3.19. The molecule has 3 nitrogen and oxygen atoms in total. The lowest BCUT2D eigenvalue weighted by molar-refractivity contribution is 0.169. The molecule has 1 saturated heterocycles. The van der Waals surface area contributed by atoms with E-state index in [9.17, 15) is 0 Å². The molecule has 0 bridgehead atoms. The Morgan fingerprint density at radius 2 is 2.32 bits per heavy atom. The first-order valence-corrected chi connectivity index (χ1v) is 7.92. The van der Waals surface area contributed by atoms with E-state index < -0.39 is 0 Å². The molecule has 2 aliphatic heterocycles. The zero-order valence-corrected chi connectivity index (χ0v) is 12.8. The lowest BCUT2D eigenvalue weighted by Gasteiger charge is -2.32. The maximum absolute atomic E-state index is 5.81. The van der Waals surface area contributed by atoms with Gasteiger partial charge in [-0.25, -0.2) is 0 Å². The van der Waals surface area contributed by atoms with Crippen molar-refractivity contribution in [2.45, 2.75) is 25.8 Å². The number of rotatable bonds is 3. The van der Waals surface area contributed by atoms with Crippen LogP contribution < -0.4 is 10.5 Å². The molecule has 1 atom stereocenters. The van der Waals surface area contributed by atoms with Gasteiger partial charge in [-0.3, -0.25) is 4.90 Å². The van der Waals surface area contributed by atoms with Gasteiger partial charge < -0.3 is 10.5 Å². The fourth-order valence-corrected chi connectivity index (χ4v) is 3.74. The van der Waals surface area contributed by atoms with Gasteiger partial charge in [0.05, 0.1) is 6.61 Å². The number of likely N-dealkylation sites (tertiary alicyclic amines) is 1. The highest BCUT2D eigenvalue weighted by molar-refractivity contribution is 9.10. The number of nitrogens with zero attached hydrogens (tertiary/aromatic N) is 1. The number of ether oxygens (including phenoxy) is 1. The highest BCUT2D eigenvalue weighted by Crippen LogP contribution is 2.34. The number of piperidine rings is 1. The molecule has 1 aromatic carbocycles. The highest BCUT2D eigenvalue weighted by atomic mass is 79.9. The average Bonchev–Trinajstić information content (AvgIpc) is 2.87. The minimum absolute atomic E-state index is 0.662. The van der Waals surface area contributed by atoms with Crippen molar-refractivity contribution in [3.8, 4) is 5.75 Å². The first kappa shape index (κ1) is 13.4. The predicted octanol–water partition coefficient (Wildman–Crippen LogP) is 2.55. The zero-order chi connectivity index (χ0) is 13.2. The molecular weight excluding hydrogens is 304 g/mol. The largest absolute Gasteiger partial charge is 0.493 e. The summed E-state index contributed by atoms with van der Waals surface area (Å²) >= 11 is 3.61. The molecule has 0 saturated carbocycles. The van der Waals surface area contributed by atoms with E-state index in [1.165, 1.54) is 35.0 Å². The summed E-state index contributed by atoms with van der Waals surface area (Å²) in [6.07, 6.45) is 3.58. The topological polar surface area (TPSA) is 38.5 Å².